The first-order chi connectivity index (χ1) is 18.3. The molecule has 0 unspecified atom stereocenters. The molecule has 11 heteroatoms. The highest BCUT2D eigenvalue weighted by atomic mass is 35.5. The molecule has 0 fully saturated rings. The zero-order valence-corrected chi connectivity index (χ0v) is 21.3. The van der Waals surface area contributed by atoms with E-state index in [9.17, 15) is 31.1 Å². The second-order valence-corrected chi connectivity index (χ2v) is 9.12. The van der Waals surface area contributed by atoms with Gasteiger partial charge in [-0.05, 0) is 62.4 Å². The lowest BCUT2D eigenvalue weighted by atomic mass is 10.1. The molecule has 0 bridgehead atoms. The Balaban J connectivity index is 1.53. The summed E-state index contributed by atoms with van der Waals surface area (Å²) in [4.78, 5) is 13.1. The summed E-state index contributed by atoms with van der Waals surface area (Å²) in [7, 11) is 0. The number of carbonyl (C=O) groups is 1. The third-order valence-electron chi connectivity index (χ3n) is 5.99. The molecule has 4 nitrogen and oxygen atoms in total. The molecule has 1 amide bonds. The number of hydrogen-bond donors (Lipinski definition) is 1. The molecule has 0 aliphatic rings. The van der Waals surface area contributed by atoms with Crippen LogP contribution in [0, 0.1) is 13.8 Å². The highest BCUT2D eigenvalue weighted by Crippen LogP contribution is 2.36. The van der Waals surface area contributed by atoms with Crippen molar-refractivity contribution in [2.24, 2.45) is 0 Å². The van der Waals surface area contributed by atoms with Crippen LogP contribution < -0.4 is 10.1 Å². The van der Waals surface area contributed by atoms with Crippen molar-refractivity contribution in [3.8, 4) is 11.4 Å². The number of hydrogen-bond acceptors (Lipinski definition) is 2. The summed E-state index contributed by atoms with van der Waals surface area (Å²) in [6, 6.07) is 15.7. The Morgan fingerprint density at radius 1 is 0.897 bits per heavy atom. The standard InChI is InChI=1S/C28H21ClF6N2O2/c1-16-12-22(17(2)37(16)25-9-4-3-8-23(25)28(33,34)35)26(38)36-20-6-5-7-21(14-20)39-15-18-13-19(27(30,31)32)10-11-24(18)29/h3-14H,15H2,1-2H3,(H,36,38). The van der Waals surface area contributed by atoms with Crippen molar-refractivity contribution < 1.29 is 35.9 Å². The van der Waals surface area contributed by atoms with E-state index in [0.29, 0.717) is 17.1 Å². The zero-order valence-electron chi connectivity index (χ0n) is 20.5. The molecule has 4 rings (SSSR count). The fourth-order valence-corrected chi connectivity index (χ4v) is 4.33. The van der Waals surface area contributed by atoms with Crippen molar-refractivity contribution in [2.45, 2.75) is 32.8 Å². The minimum absolute atomic E-state index is 0.0947. The first kappa shape index (κ1) is 28.1. The highest BCUT2D eigenvalue weighted by molar-refractivity contribution is 6.31. The van der Waals surface area contributed by atoms with Gasteiger partial charge in [0.05, 0.1) is 22.4 Å². The summed E-state index contributed by atoms with van der Waals surface area (Å²) >= 11 is 6.02. The van der Waals surface area contributed by atoms with E-state index in [1.807, 2.05) is 0 Å². The first-order valence-electron chi connectivity index (χ1n) is 11.5. The van der Waals surface area contributed by atoms with Crippen molar-refractivity contribution in [1.29, 1.82) is 0 Å². The number of amides is 1. The number of halogens is 7. The number of para-hydroxylation sites is 1. The van der Waals surface area contributed by atoms with Crippen molar-refractivity contribution in [3.63, 3.8) is 0 Å². The average molecular weight is 567 g/mol. The third-order valence-corrected chi connectivity index (χ3v) is 6.35. The molecule has 1 aromatic heterocycles. The minimum Gasteiger partial charge on any atom is -0.489 e. The number of rotatable bonds is 6. The molecule has 4 aromatic rings. The molecular formula is C28H21ClF6N2O2. The second kappa shape index (κ2) is 10.7. The molecule has 0 aliphatic carbocycles. The van der Waals surface area contributed by atoms with Crippen LogP contribution in [0.1, 0.15) is 38.4 Å². The van der Waals surface area contributed by atoms with Crippen LogP contribution in [0.5, 0.6) is 5.75 Å². The third kappa shape index (κ3) is 6.22. The summed E-state index contributed by atoms with van der Waals surface area (Å²) in [6.45, 7) is 2.90. The fourth-order valence-electron chi connectivity index (χ4n) is 4.16. The minimum atomic E-state index is -4.58. The topological polar surface area (TPSA) is 43.3 Å². The van der Waals surface area contributed by atoms with Crippen molar-refractivity contribution in [2.75, 3.05) is 5.32 Å². The van der Waals surface area contributed by atoms with E-state index in [1.54, 1.807) is 32.0 Å². The van der Waals surface area contributed by atoms with Gasteiger partial charge in [-0.2, -0.15) is 26.3 Å². The molecule has 0 spiro atoms. The van der Waals surface area contributed by atoms with Gasteiger partial charge in [-0.3, -0.25) is 4.79 Å². The van der Waals surface area contributed by atoms with Crippen molar-refractivity contribution in [3.05, 3.63) is 111 Å². The normalized spacial score (nSPS) is 11.9. The Labute approximate surface area is 224 Å². The van der Waals surface area contributed by atoms with Crippen LogP contribution in [0.2, 0.25) is 5.02 Å². The van der Waals surface area contributed by atoms with Gasteiger partial charge < -0.3 is 14.6 Å². The maximum atomic E-state index is 13.6. The van der Waals surface area contributed by atoms with Crippen LogP contribution in [0.15, 0.2) is 72.8 Å². The number of aryl methyl sites for hydroxylation is 1. The number of benzene rings is 3. The van der Waals surface area contributed by atoms with Crippen molar-refractivity contribution in [1.82, 2.24) is 4.57 Å². The first-order valence-corrected chi connectivity index (χ1v) is 11.9. The van der Waals surface area contributed by atoms with E-state index in [0.717, 1.165) is 24.3 Å². The van der Waals surface area contributed by atoms with Gasteiger partial charge in [-0.15, -0.1) is 0 Å². The Morgan fingerprint density at radius 3 is 2.31 bits per heavy atom. The van der Waals surface area contributed by atoms with Gasteiger partial charge in [0.15, 0.2) is 0 Å². The summed E-state index contributed by atoms with van der Waals surface area (Å²) in [6.07, 6.45) is -9.12. The molecule has 0 saturated carbocycles. The van der Waals surface area contributed by atoms with Gasteiger partial charge in [0.2, 0.25) is 0 Å². The monoisotopic (exact) mass is 566 g/mol. The maximum absolute atomic E-state index is 13.6. The highest BCUT2D eigenvalue weighted by Gasteiger charge is 2.34. The molecule has 39 heavy (non-hydrogen) atoms. The number of nitrogens with one attached hydrogen (secondary N) is 1. The Kier molecular flexibility index (Phi) is 7.70. The van der Waals surface area contributed by atoms with Gasteiger partial charge in [0.25, 0.3) is 5.91 Å². The van der Waals surface area contributed by atoms with E-state index in [4.69, 9.17) is 16.3 Å². The molecule has 0 radical (unpaired) electrons. The summed E-state index contributed by atoms with van der Waals surface area (Å²) in [5.41, 5.74) is -0.418. The smallest absolute Gasteiger partial charge is 0.418 e. The van der Waals surface area contributed by atoms with Crippen LogP contribution >= 0.6 is 11.6 Å². The Bertz CT molecular complexity index is 1530. The van der Waals surface area contributed by atoms with E-state index in [1.165, 1.54) is 34.9 Å². The average Bonchev–Trinajstić information content (AvgIpc) is 3.16. The zero-order chi connectivity index (χ0) is 28.5. The summed E-state index contributed by atoms with van der Waals surface area (Å²) < 4.78 is 86.8. The number of carbonyl (C=O) groups excluding carboxylic acids is 1. The second-order valence-electron chi connectivity index (χ2n) is 8.71. The molecule has 1 heterocycles. The fraction of sp³-hybridized carbons (Fsp3) is 0.179. The largest absolute Gasteiger partial charge is 0.489 e. The number of nitrogens with zero attached hydrogens (tertiary/aromatic N) is 1. The summed E-state index contributed by atoms with van der Waals surface area (Å²) in [5.74, 6) is -0.303. The van der Waals surface area contributed by atoms with Crippen molar-refractivity contribution >= 4 is 23.2 Å². The van der Waals surface area contributed by atoms with Crippen LogP contribution in [-0.4, -0.2) is 10.5 Å². The lowest BCUT2D eigenvalue weighted by molar-refractivity contribution is -0.138. The quantitative estimate of drug-likeness (QED) is 0.237. The van der Waals surface area contributed by atoms with Gasteiger partial charge in [-0.1, -0.05) is 29.8 Å². The molecular weight excluding hydrogens is 546 g/mol. The molecule has 0 aliphatic heterocycles. The van der Waals surface area contributed by atoms with Gasteiger partial charge in [-0.25, -0.2) is 0 Å². The molecule has 204 valence electrons. The maximum Gasteiger partial charge on any atom is 0.418 e. The molecule has 0 saturated heterocycles. The van der Waals surface area contributed by atoms with E-state index < -0.39 is 29.4 Å². The number of aromatic nitrogens is 1. The predicted octanol–water partition coefficient (Wildman–Crippen LogP) is 8.62. The number of anilines is 1. The van der Waals surface area contributed by atoms with E-state index >= 15 is 0 Å². The number of alkyl halides is 6. The van der Waals surface area contributed by atoms with Crippen LogP contribution in [0.4, 0.5) is 32.0 Å². The van der Waals surface area contributed by atoms with Crippen LogP contribution in [0.25, 0.3) is 5.69 Å². The number of ether oxygens (including phenoxy) is 1. The van der Waals surface area contributed by atoms with Crippen LogP contribution in [-0.2, 0) is 19.0 Å². The van der Waals surface area contributed by atoms with Gasteiger partial charge in [0.1, 0.15) is 12.4 Å². The predicted molar refractivity (Wildman–Crippen MR) is 135 cm³/mol. The molecule has 0 atom stereocenters. The molecule has 3 aromatic carbocycles. The van der Waals surface area contributed by atoms with Gasteiger partial charge in [0, 0.05) is 33.7 Å². The molecule has 1 N–H and O–H groups in total. The van der Waals surface area contributed by atoms with E-state index in [-0.39, 0.29) is 34.2 Å². The van der Waals surface area contributed by atoms with E-state index in [2.05, 4.69) is 5.32 Å². The lowest BCUT2D eigenvalue weighted by Gasteiger charge is -2.17. The van der Waals surface area contributed by atoms with Gasteiger partial charge >= 0.3 is 12.4 Å². The van der Waals surface area contributed by atoms with Crippen LogP contribution in [0.3, 0.4) is 0 Å². The SMILES string of the molecule is Cc1cc(C(=O)Nc2cccc(OCc3cc(C(F)(F)F)ccc3Cl)c2)c(C)n1-c1ccccc1C(F)(F)F. The summed E-state index contributed by atoms with van der Waals surface area (Å²) in [5, 5.41) is 2.79. The lowest BCUT2D eigenvalue weighted by Crippen LogP contribution is -2.15. The Morgan fingerprint density at radius 2 is 1.62 bits per heavy atom. The Hall–Kier alpha value is -3.92.